The van der Waals surface area contributed by atoms with Crippen molar-refractivity contribution in [3.8, 4) is 0 Å². The summed E-state index contributed by atoms with van der Waals surface area (Å²) in [7, 11) is 0.408. The lowest BCUT2D eigenvalue weighted by atomic mass is 9.84. The van der Waals surface area contributed by atoms with Gasteiger partial charge in [-0.05, 0) is 35.0 Å². The van der Waals surface area contributed by atoms with Crippen LogP contribution in [0, 0.1) is 0 Å². The van der Waals surface area contributed by atoms with Gasteiger partial charge in [0.05, 0.1) is 60.5 Å². The molecule has 0 atom stereocenters. The van der Waals surface area contributed by atoms with E-state index in [0.717, 1.165) is 14.2 Å². The van der Waals surface area contributed by atoms with Crippen LogP contribution in [-0.2, 0) is 28.8 Å². The maximum atomic E-state index is 14.0. The average molecular weight is 547 g/mol. The van der Waals surface area contributed by atoms with Crippen molar-refractivity contribution in [2.75, 3.05) is 28.4 Å². The quantitative estimate of drug-likeness (QED) is 0.138. The van der Waals surface area contributed by atoms with E-state index in [1.54, 1.807) is 12.1 Å². The number of esters is 4. The predicted octanol–water partition coefficient (Wildman–Crippen LogP) is 4.03. The Morgan fingerprint density at radius 3 is 1.15 bits per heavy atom. The lowest BCUT2D eigenvalue weighted by Gasteiger charge is -2.18. The topological polar surface area (TPSA) is 139 Å². The molecule has 6 rings (SSSR count). The van der Waals surface area contributed by atoms with E-state index in [9.17, 15) is 27.6 Å². The van der Waals surface area contributed by atoms with Crippen LogP contribution in [0.4, 0.5) is 0 Å². The molecule has 1 heterocycles. The molecular weight excluding hydrogens is 528 g/mol. The normalized spacial score (nSPS) is 13.4. The number of carbonyl (C=O) groups excluding carboxylic acids is 4. The first kappa shape index (κ1) is 24.6. The van der Waals surface area contributed by atoms with Crippen molar-refractivity contribution in [3.05, 3.63) is 58.7 Å². The van der Waals surface area contributed by atoms with Crippen molar-refractivity contribution in [2.45, 2.75) is 9.79 Å². The van der Waals surface area contributed by atoms with Gasteiger partial charge in [0.15, 0.2) is 0 Å². The molecule has 0 aromatic heterocycles. The zero-order valence-electron chi connectivity index (χ0n) is 21.0. The fourth-order valence-electron chi connectivity index (χ4n) is 5.67. The second-order valence-electron chi connectivity index (χ2n) is 8.89. The van der Waals surface area contributed by atoms with Crippen molar-refractivity contribution in [2.24, 2.45) is 0 Å². The van der Waals surface area contributed by atoms with Crippen LogP contribution in [0.15, 0.2) is 46.2 Å². The molecule has 5 aromatic rings. The molecule has 1 aliphatic rings. The maximum Gasteiger partial charge on any atom is 0.338 e. The number of rotatable bonds is 4. The summed E-state index contributed by atoms with van der Waals surface area (Å²) >= 11 is 0. The number of hydrogen-bond acceptors (Lipinski definition) is 10. The smallest absolute Gasteiger partial charge is 0.338 e. The third-order valence-corrected chi connectivity index (χ3v) is 9.04. The van der Waals surface area contributed by atoms with Gasteiger partial charge in [0.1, 0.15) is 0 Å². The minimum Gasteiger partial charge on any atom is -0.465 e. The van der Waals surface area contributed by atoms with E-state index in [1.165, 1.54) is 38.5 Å². The molecule has 196 valence electrons. The first-order valence-corrected chi connectivity index (χ1v) is 13.0. The second kappa shape index (κ2) is 8.11. The Morgan fingerprint density at radius 1 is 0.487 bits per heavy atom. The van der Waals surface area contributed by atoms with E-state index in [2.05, 4.69) is 0 Å². The molecule has 0 aliphatic carbocycles. The molecule has 0 bridgehead atoms. The summed E-state index contributed by atoms with van der Waals surface area (Å²) in [6.07, 6.45) is 0. The number of fused-ring (bicyclic) bond motifs is 1. The highest BCUT2D eigenvalue weighted by molar-refractivity contribution is 7.92. The van der Waals surface area contributed by atoms with Crippen molar-refractivity contribution in [1.29, 1.82) is 0 Å². The van der Waals surface area contributed by atoms with Crippen LogP contribution in [-0.4, -0.2) is 60.7 Å². The summed E-state index contributed by atoms with van der Waals surface area (Å²) in [5.74, 6) is -3.16. The number of hydrogen-bond donors (Lipinski definition) is 0. The average Bonchev–Trinajstić information content (AvgIpc) is 3.19. The lowest BCUT2D eigenvalue weighted by molar-refractivity contribution is 0.0586. The van der Waals surface area contributed by atoms with Gasteiger partial charge in [-0.25, -0.2) is 27.6 Å². The van der Waals surface area contributed by atoms with Crippen molar-refractivity contribution >= 4 is 76.8 Å². The summed E-state index contributed by atoms with van der Waals surface area (Å²) < 4.78 is 47.7. The Labute approximate surface area is 220 Å². The molecule has 0 saturated carbocycles. The summed E-state index contributed by atoms with van der Waals surface area (Å²) in [5.41, 5.74) is -0.183. The predicted molar refractivity (Wildman–Crippen MR) is 138 cm³/mol. The fourth-order valence-corrected chi connectivity index (χ4v) is 7.40. The Hall–Kier alpha value is -4.77. The third kappa shape index (κ3) is 2.93. The van der Waals surface area contributed by atoms with Gasteiger partial charge in [0.2, 0.25) is 9.84 Å². The third-order valence-electron chi connectivity index (χ3n) is 7.23. The van der Waals surface area contributed by atoms with Gasteiger partial charge in [-0.2, -0.15) is 0 Å². The van der Waals surface area contributed by atoms with E-state index >= 15 is 0 Å². The van der Waals surface area contributed by atoms with Crippen LogP contribution in [0.25, 0.3) is 43.1 Å². The zero-order valence-corrected chi connectivity index (χ0v) is 21.8. The minimum absolute atomic E-state index is 0.0438. The largest absolute Gasteiger partial charge is 0.465 e. The van der Waals surface area contributed by atoms with Gasteiger partial charge in [-0.15, -0.1) is 0 Å². The van der Waals surface area contributed by atoms with Crippen molar-refractivity contribution in [1.82, 2.24) is 0 Å². The minimum atomic E-state index is -4.27. The van der Waals surface area contributed by atoms with Crippen LogP contribution in [0.5, 0.6) is 0 Å². The van der Waals surface area contributed by atoms with Gasteiger partial charge >= 0.3 is 23.9 Å². The summed E-state index contributed by atoms with van der Waals surface area (Å²) in [6, 6.07) is 8.52. The first-order valence-electron chi connectivity index (χ1n) is 11.5. The molecule has 0 spiro atoms. The van der Waals surface area contributed by atoms with Crippen LogP contribution >= 0.6 is 0 Å². The molecule has 0 amide bonds. The van der Waals surface area contributed by atoms with Crippen LogP contribution in [0.3, 0.4) is 0 Å². The standard InChI is InChI=1S/C28H18O10S/c1-35-25(29)13-7-5-11-12-6-8-14(26(30)36-2)20-16(28(32)38-4)10-18-24(22(12)20)23-17(39(18,33)34)9-15(27(31)37-3)19(13)21(11)23/h5-10H,1-4H3. The van der Waals surface area contributed by atoms with Gasteiger partial charge in [0.25, 0.3) is 0 Å². The number of methoxy groups -OCH3 is 4. The molecule has 0 saturated heterocycles. The highest BCUT2D eigenvalue weighted by atomic mass is 32.2. The van der Waals surface area contributed by atoms with E-state index in [0.29, 0.717) is 21.5 Å². The molecule has 11 heteroatoms. The van der Waals surface area contributed by atoms with E-state index in [1.807, 2.05) is 0 Å². The van der Waals surface area contributed by atoms with Gasteiger partial charge < -0.3 is 18.9 Å². The number of carbonyl (C=O) groups is 4. The van der Waals surface area contributed by atoms with E-state index in [4.69, 9.17) is 18.9 Å². The Kier molecular flexibility index (Phi) is 5.11. The zero-order chi connectivity index (χ0) is 28.0. The summed E-state index contributed by atoms with van der Waals surface area (Å²) in [6.45, 7) is 0. The Balaban J connectivity index is 2.01. The van der Waals surface area contributed by atoms with Crippen LogP contribution in [0.1, 0.15) is 41.4 Å². The van der Waals surface area contributed by atoms with Crippen molar-refractivity contribution in [3.63, 3.8) is 0 Å². The molecule has 0 N–H and O–H groups in total. The Morgan fingerprint density at radius 2 is 0.821 bits per heavy atom. The number of sulfone groups is 1. The van der Waals surface area contributed by atoms with Crippen LogP contribution in [0.2, 0.25) is 0 Å². The lowest BCUT2D eigenvalue weighted by Crippen LogP contribution is -2.10. The monoisotopic (exact) mass is 546 g/mol. The van der Waals surface area contributed by atoms with Gasteiger partial charge in [-0.1, -0.05) is 12.1 Å². The summed E-state index contributed by atoms with van der Waals surface area (Å²) in [5, 5.41) is 2.49. The highest BCUT2D eigenvalue weighted by Gasteiger charge is 2.39. The number of benzene rings is 5. The van der Waals surface area contributed by atoms with Crippen LogP contribution < -0.4 is 0 Å². The molecule has 0 fully saturated rings. The molecule has 0 radical (unpaired) electrons. The Bertz CT molecular complexity index is 1950. The molecule has 39 heavy (non-hydrogen) atoms. The number of ether oxygens (including phenoxy) is 4. The SMILES string of the molecule is COC(=O)c1ccc2c3ccc(C(=O)OC)c4c(C(=O)OC)cc5c(c6c(cc(C(=O)OC)c1c26)S5(=O)=O)c43. The maximum absolute atomic E-state index is 14.0. The summed E-state index contributed by atoms with van der Waals surface area (Å²) in [4.78, 5) is 51.1. The van der Waals surface area contributed by atoms with E-state index < -0.39 is 33.7 Å². The van der Waals surface area contributed by atoms with Crippen molar-refractivity contribution < 1.29 is 46.5 Å². The molecule has 10 nitrogen and oxygen atoms in total. The van der Waals surface area contributed by atoms with Gasteiger partial charge in [0, 0.05) is 32.3 Å². The molecule has 1 aliphatic heterocycles. The first-order chi connectivity index (χ1) is 18.6. The van der Waals surface area contributed by atoms with E-state index in [-0.39, 0.29) is 53.6 Å². The fraction of sp³-hybridized carbons (Fsp3) is 0.143. The molecule has 0 unspecified atom stereocenters. The molecule has 5 aromatic carbocycles. The van der Waals surface area contributed by atoms with Gasteiger partial charge in [-0.3, -0.25) is 0 Å². The highest BCUT2D eigenvalue weighted by Crippen LogP contribution is 2.53. The molecular formula is C28H18O10S. The second-order valence-corrected chi connectivity index (χ2v) is 10.8.